The van der Waals surface area contributed by atoms with Crippen LogP contribution < -0.4 is 0 Å². The second kappa shape index (κ2) is 9.49. The van der Waals surface area contributed by atoms with Crippen molar-refractivity contribution in [1.82, 2.24) is 4.98 Å². The first-order valence-electron chi connectivity index (χ1n) is 10.5. The number of nitrogens with zero attached hydrogens (tertiary/aromatic N) is 1. The lowest BCUT2D eigenvalue weighted by atomic mass is 9.69. The SMILES string of the molecule is CCCC[C@H]1CC[C@H](C2CCC(C#Cc3ccc(F)nc3F)CC2)CC1. The van der Waals surface area contributed by atoms with Gasteiger partial charge in [0.1, 0.15) is 0 Å². The Morgan fingerprint density at radius 2 is 1.62 bits per heavy atom. The molecule has 2 aliphatic carbocycles. The van der Waals surface area contributed by atoms with E-state index in [1.165, 1.54) is 69.9 Å². The van der Waals surface area contributed by atoms with Gasteiger partial charge in [0.25, 0.3) is 0 Å². The average Bonchev–Trinajstić information content (AvgIpc) is 2.66. The Kier molecular flexibility index (Phi) is 7.06. The van der Waals surface area contributed by atoms with Gasteiger partial charge in [-0.1, -0.05) is 50.9 Å². The Labute approximate surface area is 157 Å². The molecule has 2 saturated carbocycles. The predicted molar refractivity (Wildman–Crippen MR) is 101 cm³/mol. The molecule has 0 radical (unpaired) electrons. The van der Waals surface area contributed by atoms with Crippen molar-refractivity contribution in [3.8, 4) is 11.8 Å². The van der Waals surface area contributed by atoms with Gasteiger partial charge >= 0.3 is 0 Å². The summed E-state index contributed by atoms with van der Waals surface area (Å²) in [5.41, 5.74) is 0.207. The van der Waals surface area contributed by atoms with Crippen molar-refractivity contribution in [3.05, 3.63) is 29.6 Å². The van der Waals surface area contributed by atoms with Crippen molar-refractivity contribution in [2.75, 3.05) is 0 Å². The predicted octanol–water partition coefficient (Wildman–Crippen LogP) is 6.51. The Morgan fingerprint density at radius 3 is 2.23 bits per heavy atom. The quantitative estimate of drug-likeness (QED) is 0.441. The van der Waals surface area contributed by atoms with Crippen LogP contribution >= 0.6 is 0 Å². The fourth-order valence-electron chi connectivity index (χ4n) is 4.86. The molecular weight excluding hydrogens is 328 g/mol. The van der Waals surface area contributed by atoms with E-state index >= 15 is 0 Å². The first-order valence-corrected chi connectivity index (χ1v) is 10.5. The minimum atomic E-state index is -0.800. The average molecular weight is 360 g/mol. The molecule has 0 unspecified atom stereocenters. The van der Waals surface area contributed by atoms with Crippen molar-refractivity contribution in [3.63, 3.8) is 0 Å². The zero-order valence-electron chi connectivity index (χ0n) is 15.9. The maximum atomic E-state index is 13.6. The van der Waals surface area contributed by atoms with Crippen molar-refractivity contribution in [2.45, 2.75) is 77.6 Å². The molecular formula is C23H31F2N. The maximum Gasteiger partial charge on any atom is 0.231 e. The maximum absolute atomic E-state index is 13.6. The lowest BCUT2D eigenvalue weighted by molar-refractivity contribution is 0.153. The summed E-state index contributed by atoms with van der Waals surface area (Å²) in [4.78, 5) is 3.20. The third kappa shape index (κ3) is 5.29. The highest BCUT2D eigenvalue weighted by atomic mass is 19.1. The number of halogens is 2. The van der Waals surface area contributed by atoms with Crippen LogP contribution in [0.3, 0.4) is 0 Å². The first kappa shape index (κ1) is 19.3. The number of pyridine rings is 1. The molecule has 26 heavy (non-hydrogen) atoms. The topological polar surface area (TPSA) is 12.9 Å². The van der Waals surface area contributed by atoms with Gasteiger partial charge in [-0.3, -0.25) is 0 Å². The highest BCUT2D eigenvalue weighted by Crippen LogP contribution is 2.42. The van der Waals surface area contributed by atoms with Gasteiger partial charge in [0.2, 0.25) is 11.9 Å². The lowest BCUT2D eigenvalue weighted by Crippen LogP contribution is -2.25. The summed E-state index contributed by atoms with van der Waals surface area (Å²) in [6.07, 6.45) is 14.6. The molecule has 2 aliphatic rings. The van der Waals surface area contributed by atoms with E-state index in [0.717, 1.165) is 30.6 Å². The number of hydrogen-bond donors (Lipinski definition) is 0. The molecule has 0 N–H and O–H groups in total. The van der Waals surface area contributed by atoms with Crippen LogP contribution in [0.2, 0.25) is 0 Å². The molecule has 1 aromatic rings. The first-order chi connectivity index (χ1) is 12.7. The van der Waals surface area contributed by atoms with E-state index in [1.807, 2.05) is 0 Å². The van der Waals surface area contributed by atoms with E-state index in [2.05, 4.69) is 23.7 Å². The minimum Gasteiger partial charge on any atom is -0.189 e. The summed E-state index contributed by atoms with van der Waals surface area (Å²) in [6, 6.07) is 2.55. The minimum absolute atomic E-state index is 0.207. The summed E-state index contributed by atoms with van der Waals surface area (Å²) in [7, 11) is 0. The van der Waals surface area contributed by atoms with Crippen LogP contribution in [0.4, 0.5) is 8.78 Å². The fraction of sp³-hybridized carbons (Fsp3) is 0.696. The summed E-state index contributed by atoms with van der Waals surface area (Å²) >= 11 is 0. The van der Waals surface area contributed by atoms with Crippen molar-refractivity contribution in [2.24, 2.45) is 23.7 Å². The highest BCUT2D eigenvalue weighted by molar-refractivity contribution is 5.33. The molecule has 1 heterocycles. The van der Waals surface area contributed by atoms with E-state index in [4.69, 9.17) is 0 Å². The molecule has 0 spiro atoms. The molecule has 0 atom stereocenters. The van der Waals surface area contributed by atoms with E-state index in [-0.39, 0.29) is 5.56 Å². The van der Waals surface area contributed by atoms with Gasteiger partial charge in [-0.25, -0.2) is 0 Å². The molecule has 3 heteroatoms. The zero-order valence-corrected chi connectivity index (χ0v) is 15.9. The third-order valence-corrected chi connectivity index (χ3v) is 6.52. The fourth-order valence-corrected chi connectivity index (χ4v) is 4.86. The van der Waals surface area contributed by atoms with Gasteiger partial charge in [0.05, 0.1) is 5.56 Å². The van der Waals surface area contributed by atoms with Crippen molar-refractivity contribution >= 4 is 0 Å². The molecule has 0 aromatic carbocycles. The summed E-state index contributed by atoms with van der Waals surface area (Å²) < 4.78 is 26.4. The Balaban J connectivity index is 1.44. The molecule has 1 aromatic heterocycles. The van der Waals surface area contributed by atoms with E-state index in [1.54, 1.807) is 0 Å². The Morgan fingerprint density at radius 1 is 0.962 bits per heavy atom. The number of hydrogen-bond acceptors (Lipinski definition) is 1. The standard InChI is InChI=1S/C23H31F2N/c1-2-3-4-17-5-10-19(11-6-17)20-12-7-18(8-13-20)9-14-21-15-16-22(24)26-23(21)25/h15-20H,2-8,10-13H2,1H3/t17-,18?,19-,20?. The van der Waals surface area contributed by atoms with Crippen molar-refractivity contribution < 1.29 is 8.78 Å². The van der Waals surface area contributed by atoms with Crippen LogP contribution in [0.15, 0.2) is 12.1 Å². The van der Waals surface area contributed by atoms with Gasteiger partial charge in [0, 0.05) is 5.92 Å². The molecule has 0 aliphatic heterocycles. The molecule has 0 amide bonds. The van der Waals surface area contributed by atoms with Gasteiger partial charge in [-0.15, -0.1) is 0 Å². The smallest absolute Gasteiger partial charge is 0.189 e. The largest absolute Gasteiger partial charge is 0.231 e. The lowest BCUT2D eigenvalue weighted by Gasteiger charge is -2.37. The molecule has 3 rings (SSSR count). The Bertz CT molecular complexity index is 629. The van der Waals surface area contributed by atoms with Crippen LogP contribution in [0.25, 0.3) is 0 Å². The van der Waals surface area contributed by atoms with Crippen LogP contribution in [-0.2, 0) is 0 Å². The van der Waals surface area contributed by atoms with Gasteiger partial charge in [0.15, 0.2) is 0 Å². The molecule has 142 valence electrons. The van der Waals surface area contributed by atoms with Gasteiger partial charge in [-0.2, -0.15) is 13.8 Å². The van der Waals surface area contributed by atoms with Crippen LogP contribution in [0.5, 0.6) is 0 Å². The number of rotatable bonds is 4. The highest BCUT2D eigenvalue weighted by Gasteiger charge is 2.30. The monoisotopic (exact) mass is 359 g/mol. The van der Waals surface area contributed by atoms with Gasteiger partial charge < -0.3 is 0 Å². The summed E-state index contributed by atoms with van der Waals surface area (Å²) in [6.45, 7) is 2.29. The summed E-state index contributed by atoms with van der Waals surface area (Å²) in [5, 5.41) is 0. The second-order valence-corrected chi connectivity index (χ2v) is 8.28. The molecule has 0 bridgehead atoms. The number of unbranched alkanes of at least 4 members (excludes halogenated alkanes) is 1. The van der Waals surface area contributed by atoms with Crippen LogP contribution in [0, 0.1) is 47.4 Å². The molecule has 2 fully saturated rings. The normalized spacial score (nSPS) is 29.0. The van der Waals surface area contributed by atoms with Gasteiger partial charge in [-0.05, 0) is 68.4 Å². The van der Waals surface area contributed by atoms with E-state index in [9.17, 15) is 8.78 Å². The van der Waals surface area contributed by atoms with Crippen LogP contribution in [0.1, 0.15) is 83.1 Å². The zero-order chi connectivity index (χ0) is 18.4. The van der Waals surface area contributed by atoms with E-state index in [0.29, 0.717) is 5.92 Å². The summed E-state index contributed by atoms with van der Waals surface area (Å²) in [5.74, 6) is 7.59. The van der Waals surface area contributed by atoms with Crippen molar-refractivity contribution in [1.29, 1.82) is 0 Å². The third-order valence-electron chi connectivity index (χ3n) is 6.52. The second-order valence-electron chi connectivity index (χ2n) is 8.28. The molecule has 1 nitrogen and oxygen atoms in total. The Hall–Kier alpha value is -1.43. The van der Waals surface area contributed by atoms with Crippen LogP contribution in [-0.4, -0.2) is 4.98 Å². The number of aromatic nitrogens is 1. The van der Waals surface area contributed by atoms with E-state index < -0.39 is 11.9 Å². The molecule has 0 saturated heterocycles.